The van der Waals surface area contributed by atoms with E-state index in [1.807, 2.05) is 20.8 Å². The standard InChI is InChI=1S/C12H24N2O3/c1-10(15)14(12(2,3)4)8-6-11(16)13-7-9-17-5/h6-9H2,1-5H3,(H,13,16). The van der Waals surface area contributed by atoms with Crippen LogP contribution in [0.15, 0.2) is 0 Å². The summed E-state index contributed by atoms with van der Waals surface area (Å²) in [6, 6.07) is 0. The van der Waals surface area contributed by atoms with E-state index in [0.29, 0.717) is 26.1 Å². The summed E-state index contributed by atoms with van der Waals surface area (Å²) < 4.78 is 4.83. The van der Waals surface area contributed by atoms with Crippen LogP contribution in [0, 0.1) is 0 Å². The minimum Gasteiger partial charge on any atom is -0.383 e. The molecule has 2 amide bonds. The van der Waals surface area contributed by atoms with Gasteiger partial charge in [-0.05, 0) is 20.8 Å². The maximum Gasteiger partial charge on any atom is 0.221 e. The van der Waals surface area contributed by atoms with Crippen LogP contribution in [0.2, 0.25) is 0 Å². The van der Waals surface area contributed by atoms with E-state index in [1.165, 1.54) is 6.92 Å². The van der Waals surface area contributed by atoms with Crippen molar-refractivity contribution in [3.8, 4) is 0 Å². The lowest BCUT2D eigenvalue weighted by molar-refractivity contribution is -0.134. The van der Waals surface area contributed by atoms with Crippen LogP contribution in [0.4, 0.5) is 0 Å². The summed E-state index contributed by atoms with van der Waals surface area (Å²) in [7, 11) is 1.59. The summed E-state index contributed by atoms with van der Waals surface area (Å²) in [4.78, 5) is 24.6. The Kier molecular flexibility index (Phi) is 6.80. The summed E-state index contributed by atoms with van der Waals surface area (Å²) in [5, 5.41) is 2.73. The molecule has 100 valence electrons. The van der Waals surface area contributed by atoms with Crippen LogP contribution in [-0.4, -0.2) is 49.1 Å². The summed E-state index contributed by atoms with van der Waals surface area (Å²) in [6.07, 6.45) is 0.320. The Morgan fingerprint density at radius 1 is 1.29 bits per heavy atom. The van der Waals surface area contributed by atoms with Crippen LogP contribution in [0.25, 0.3) is 0 Å². The fourth-order valence-corrected chi connectivity index (χ4v) is 1.56. The van der Waals surface area contributed by atoms with Crippen molar-refractivity contribution in [3.05, 3.63) is 0 Å². The Hall–Kier alpha value is -1.10. The zero-order chi connectivity index (χ0) is 13.5. The molecule has 0 aliphatic heterocycles. The average Bonchev–Trinajstić information content (AvgIpc) is 2.15. The van der Waals surface area contributed by atoms with Gasteiger partial charge in [0.2, 0.25) is 11.8 Å². The van der Waals surface area contributed by atoms with E-state index < -0.39 is 0 Å². The van der Waals surface area contributed by atoms with Crippen LogP contribution in [0.5, 0.6) is 0 Å². The largest absolute Gasteiger partial charge is 0.383 e. The first-order valence-electron chi connectivity index (χ1n) is 5.83. The van der Waals surface area contributed by atoms with Gasteiger partial charge >= 0.3 is 0 Å². The molecule has 0 unspecified atom stereocenters. The molecule has 0 saturated heterocycles. The molecule has 0 aliphatic rings. The number of methoxy groups -OCH3 is 1. The van der Waals surface area contributed by atoms with Crippen molar-refractivity contribution in [2.75, 3.05) is 26.8 Å². The van der Waals surface area contributed by atoms with Crippen molar-refractivity contribution < 1.29 is 14.3 Å². The van der Waals surface area contributed by atoms with Gasteiger partial charge in [-0.2, -0.15) is 0 Å². The summed E-state index contributed by atoms with van der Waals surface area (Å²) in [5.74, 6) is -0.0697. The Balaban J connectivity index is 4.06. The lowest BCUT2D eigenvalue weighted by Gasteiger charge is -2.34. The van der Waals surface area contributed by atoms with Gasteiger partial charge in [0.05, 0.1) is 6.61 Å². The maximum atomic E-state index is 11.5. The fourth-order valence-electron chi connectivity index (χ4n) is 1.56. The highest BCUT2D eigenvalue weighted by atomic mass is 16.5. The average molecular weight is 244 g/mol. The van der Waals surface area contributed by atoms with E-state index in [2.05, 4.69) is 5.32 Å². The lowest BCUT2D eigenvalue weighted by Crippen LogP contribution is -2.46. The topological polar surface area (TPSA) is 58.6 Å². The van der Waals surface area contributed by atoms with E-state index in [1.54, 1.807) is 12.0 Å². The Bertz CT molecular complexity index is 259. The van der Waals surface area contributed by atoms with Crippen LogP contribution < -0.4 is 5.32 Å². The molecular formula is C12H24N2O3. The molecule has 0 fully saturated rings. The third-order valence-corrected chi connectivity index (χ3v) is 2.38. The molecule has 0 atom stereocenters. The number of nitrogens with one attached hydrogen (secondary N) is 1. The molecule has 5 heteroatoms. The second-order valence-corrected chi connectivity index (χ2v) is 4.93. The monoisotopic (exact) mass is 244 g/mol. The molecule has 0 spiro atoms. The normalized spacial score (nSPS) is 11.1. The number of carbonyl (C=O) groups is 2. The van der Waals surface area contributed by atoms with Crippen molar-refractivity contribution in [2.24, 2.45) is 0 Å². The van der Waals surface area contributed by atoms with Gasteiger partial charge < -0.3 is 15.0 Å². The Morgan fingerprint density at radius 3 is 2.29 bits per heavy atom. The highest BCUT2D eigenvalue weighted by Crippen LogP contribution is 2.13. The first kappa shape index (κ1) is 15.9. The van der Waals surface area contributed by atoms with Gasteiger partial charge in [0, 0.05) is 39.1 Å². The van der Waals surface area contributed by atoms with Crippen LogP contribution in [0.1, 0.15) is 34.1 Å². The van der Waals surface area contributed by atoms with Gasteiger partial charge in [-0.25, -0.2) is 0 Å². The van der Waals surface area contributed by atoms with E-state index in [9.17, 15) is 9.59 Å². The summed E-state index contributed by atoms with van der Waals surface area (Å²) >= 11 is 0. The molecule has 5 nitrogen and oxygen atoms in total. The predicted molar refractivity (Wildman–Crippen MR) is 66.6 cm³/mol. The molecule has 0 aliphatic carbocycles. The molecule has 17 heavy (non-hydrogen) atoms. The van der Waals surface area contributed by atoms with Crippen LogP contribution in [0.3, 0.4) is 0 Å². The van der Waals surface area contributed by atoms with E-state index >= 15 is 0 Å². The molecule has 0 heterocycles. The highest BCUT2D eigenvalue weighted by Gasteiger charge is 2.23. The van der Waals surface area contributed by atoms with Crippen LogP contribution >= 0.6 is 0 Å². The van der Waals surface area contributed by atoms with Crippen molar-refractivity contribution in [1.82, 2.24) is 10.2 Å². The number of hydrogen-bond acceptors (Lipinski definition) is 3. The summed E-state index contributed by atoms with van der Waals surface area (Å²) in [5.41, 5.74) is -0.251. The van der Waals surface area contributed by atoms with Gasteiger partial charge in [0.25, 0.3) is 0 Å². The Labute approximate surface area is 103 Å². The van der Waals surface area contributed by atoms with Gasteiger partial charge in [0.1, 0.15) is 0 Å². The molecule has 0 aromatic heterocycles. The molecule has 0 bridgehead atoms. The fraction of sp³-hybridized carbons (Fsp3) is 0.833. The smallest absolute Gasteiger partial charge is 0.221 e. The minimum absolute atomic E-state index is 0.0119. The highest BCUT2D eigenvalue weighted by molar-refractivity contribution is 5.78. The van der Waals surface area contributed by atoms with Gasteiger partial charge in [-0.3, -0.25) is 9.59 Å². The molecular weight excluding hydrogens is 220 g/mol. The number of ether oxygens (including phenoxy) is 1. The quantitative estimate of drug-likeness (QED) is 0.703. The Morgan fingerprint density at radius 2 is 1.88 bits per heavy atom. The molecule has 0 aromatic rings. The van der Waals surface area contributed by atoms with E-state index in [-0.39, 0.29) is 17.4 Å². The predicted octanol–water partition coefficient (Wildman–Crippen LogP) is 0.786. The molecule has 1 N–H and O–H groups in total. The van der Waals surface area contributed by atoms with E-state index in [0.717, 1.165) is 0 Å². The van der Waals surface area contributed by atoms with Crippen molar-refractivity contribution in [3.63, 3.8) is 0 Å². The first-order valence-corrected chi connectivity index (χ1v) is 5.83. The summed E-state index contributed by atoms with van der Waals surface area (Å²) in [6.45, 7) is 8.84. The minimum atomic E-state index is -0.251. The molecule has 0 saturated carbocycles. The zero-order valence-electron chi connectivity index (χ0n) is 11.5. The van der Waals surface area contributed by atoms with Crippen molar-refractivity contribution in [2.45, 2.75) is 39.7 Å². The van der Waals surface area contributed by atoms with Crippen molar-refractivity contribution in [1.29, 1.82) is 0 Å². The maximum absolute atomic E-state index is 11.5. The number of nitrogens with zero attached hydrogens (tertiary/aromatic N) is 1. The second-order valence-electron chi connectivity index (χ2n) is 4.93. The first-order chi connectivity index (χ1) is 7.79. The lowest BCUT2D eigenvalue weighted by atomic mass is 10.1. The number of carbonyl (C=O) groups excluding carboxylic acids is 2. The molecule has 0 rings (SSSR count). The van der Waals surface area contributed by atoms with E-state index in [4.69, 9.17) is 4.74 Å². The SMILES string of the molecule is COCCNC(=O)CCN(C(C)=O)C(C)(C)C. The van der Waals surface area contributed by atoms with Gasteiger partial charge in [0.15, 0.2) is 0 Å². The van der Waals surface area contributed by atoms with Crippen LogP contribution in [-0.2, 0) is 14.3 Å². The number of amides is 2. The third kappa shape index (κ3) is 6.94. The second kappa shape index (κ2) is 7.27. The van der Waals surface area contributed by atoms with Crippen molar-refractivity contribution >= 4 is 11.8 Å². The number of hydrogen-bond donors (Lipinski definition) is 1. The zero-order valence-corrected chi connectivity index (χ0v) is 11.5. The molecule has 0 radical (unpaired) electrons. The van der Waals surface area contributed by atoms with Gasteiger partial charge in [-0.15, -0.1) is 0 Å². The third-order valence-electron chi connectivity index (χ3n) is 2.38. The molecule has 0 aromatic carbocycles. The van der Waals surface area contributed by atoms with Gasteiger partial charge in [-0.1, -0.05) is 0 Å². The number of rotatable bonds is 6.